The smallest absolute Gasteiger partial charge is 0 e. The van der Waals surface area contributed by atoms with Crippen LogP contribution in [0.4, 0.5) is 0 Å². The summed E-state index contributed by atoms with van der Waals surface area (Å²) in [5.74, 6) is 0. The van der Waals surface area contributed by atoms with E-state index in [0.29, 0.717) is 0 Å². The molecule has 0 fully saturated rings. The van der Waals surface area contributed by atoms with Gasteiger partial charge in [-0.05, 0) is 0 Å². The first-order chi connectivity index (χ1) is 3.00. The molecule has 2 heteroatoms. The van der Waals surface area contributed by atoms with Gasteiger partial charge in [0.25, 0.3) is 0 Å². The van der Waals surface area contributed by atoms with Gasteiger partial charge >= 0.3 is 0 Å². The summed E-state index contributed by atoms with van der Waals surface area (Å²) in [5, 5.41) is 0. The van der Waals surface area contributed by atoms with Crippen LogP contribution in [0.5, 0.6) is 0 Å². The van der Waals surface area contributed by atoms with E-state index >= 15 is 0 Å². The van der Waals surface area contributed by atoms with E-state index in [-0.39, 0.29) is 19.5 Å². The molecule has 0 aliphatic rings. The third-order valence-corrected chi connectivity index (χ3v) is 0.517. The summed E-state index contributed by atoms with van der Waals surface area (Å²) in [6, 6.07) is 5.50. The number of pyridine rings is 1. The molecule has 0 unspecified atom stereocenters. The molecule has 0 aliphatic heterocycles. The van der Waals surface area contributed by atoms with Crippen LogP contribution in [0.25, 0.3) is 0 Å². The van der Waals surface area contributed by atoms with Crippen LogP contribution in [-0.4, -0.2) is 4.98 Å². The van der Waals surface area contributed by atoms with Gasteiger partial charge < -0.3 is 4.98 Å². The molecule has 0 N–H and O–H groups in total. The normalized spacial score (nSPS) is 6.86. The van der Waals surface area contributed by atoms with Gasteiger partial charge in [0.05, 0.1) is 0 Å². The molecule has 1 aromatic heterocycles. The summed E-state index contributed by atoms with van der Waals surface area (Å²) in [6.07, 6.45) is 4.34. The minimum absolute atomic E-state index is 0. The maximum Gasteiger partial charge on any atom is 0 e. The number of rotatable bonds is 0. The standard InChI is InChI=1S/C5H4N.Rh/c1-2-4-6-5-3-1;/h1-4H;/q-1;. The Kier molecular flexibility index (Phi) is 3.82. The zero-order valence-electron chi connectivity index (χ0n) is 3.59. The van der Waals surface area contributed by atoms with Crippen molar-refractivity contribution in [3.63, 3.8) is 0 Å². The van der Waals surface area contributed by atoms with Gasteiger partial charge in [-0.2, -0.15) is 18.2 Å². The van der Waals surface area contributed by atoms with Crippen LogP contribution in [0.2, 0.25) is 0 Å². The van der Waals surface area contributed by atoms with Gasteiger partial charge in [-0.25, -0.2) is 0 Å². The fraction of sp³-hybridized carbons (Fsp3) is 0. The molecule has 0 amide bonds. The Morgan fingerprint density at radius 3 is 2.29 bits per heavy atom. The van der Waals surface area contributed by atoms with Crippen molar-refractivity contribution in [1.29, 1.82) is 0 Å². The number of aromatic nitrogens is 1. The predicted molar refractivity (Wildman–Crippen MR) is 23.1 cm³/mol. The predicted octanol–water partition coefficient (Wildman–Crippen LogP) is 0.879. The zero-order valence-corrected chi connectivity index (χ0v) is 5.23. The van der Waals surface area contributed by atoms with E-state index in [4.69, 9.17) is 0 Å². The van der Waals surface area contributed by atoms with Crippen molar-refractivity contribution in [2.45, 2.75) is 0 Å². The quantitative estimate of drug-likeness (QED) is 0.427. The van der Waals surface area contributed by atoms with E-state index in [1.807, 2.05) is 12.1 Å². The third kappa shape index (κ3) is 2.47. The Morgan fingerprint density at radius 1 is 1.29 bits per heavy atom. The molecule has 0 saturated carbocycles. The number of nitrogens with zero attached hydrogens (tertiary/aromatic N) is 1. The van der Waals surface area contributed by atoms with Crippen molar-refractivity contribution in [2.75, 3.05) is 0 Å². The minimum atomic E-state index is 0. The van der Waals surface area contributed by atoms with Crippen LogP contribution in [0, 0.1) is 6.20 Å². The second-order valence-corrected chi connectivity index (χ2v) is 0.959. The number of hydrogen-bond acceptors (Lipinski definition) is 1. The summed E-state index contributed by atoms with van der Waals surface area (Å²) in [4.78, 5) is 3.66. The molecule has 39 valence electrons. The molecule has 7 heavy (non-hydrogen) atoms. The zero-order chi connectivity index (χ0) is 4.24. The second kappa shape index (κ2) is 3.95. The Morgan fingerprint density at radius 2 is 2.14 bits per heavy atom. The van der Waals surface area contributed by atoms with Gasteiger partial charge in [-0.1, -0.05) is 12.4 Å². The van der Waals surface area contributed by atoms with E-state index in [9.17, 15) is 0 Å². The summed E-state index contributed by atoms with van der Waals surface area (Å²) in [5.41, 5.74) is 0. The molecule has 0 aliphatic carbocycles. The topological polar surface area (TPSA) is 12.9 Å². The monoisotopic (exact) mass is 181 g/mol. The molecule has 1 aromatic rings. The van der Waals surface area contributed by atoms with Crippen LogP contribution in [0.3, 0.4) is 0 Å². The fourth-order valence-electron chi connectivity index (χ4n) is 0.277. The largest absolute Gasteiger partial charge is 0.394 e. The van der Waals surface area contributed by atoms with Crippen molar-refractivity contribution < 1.29 is 19.5 Å². The Balaban J connectivity index is 0.000000360. The van der Waals surface area contributed by atoms with E-state index in [1.54, 1.807) is 12.3 Å². The molecule has 0 spiro atoms. The molecule has 1 radical (unpaired) electrons. The molecule has 1 nitrogen and oxygen atoms in total. The van der Waals surface area contributed by atoms with Crippen LogP contribution in [0.15, 0.2) is 24.4 Å². The van der Waals surface area contributed by atoms with Gasteiger partial charge in [-0.3, -0.25) is 0 Å². The molecule has 0 aromatic carbocycles. The molecule has 1 heterocycles. The average molecular weight is 181 g/mol. The maximum atomic E-state index is 3.66. The van der Waals surface area contributed by atoms with Crippen LogP contribution in [-0.2, 0) is 19.5 Å². The first kappa shape index (κ1) is 6.77. The summed E-state index contributed by atoms with van der Waals surface area (Å²) in [7, 11) is 0. The van der Waals surface area contributed by atoms with Crippen molar-refractivity contribution in [3.05, 3.63) is 30.6 Å². The molecular weight excluding hydrogens is 177 g/mol. The van der Waals surface area contributed by atoms with Crippen LogP contribution < -0.4 is 0 Å². The second-order valence-electron chi connectivity index (χ2n) is 0.959. The Labute approximate surface area is 55.5 Å². The molecule has 0 saturated heterocycles. The van der Waals surface area contributed by atoms with E-state index in [1.165, 1.54) is 0 Å². The van der Waals surface area contributed by atoms with Gasteiger partial charge in [0, 0.05) is 19.5 Å². The molecule has 1 rings (SSSR count). The van der Waals surface area contributed by atoms with Gasteiger partial charge in [0.15, 0.2) is 0 Å². The fourth-order valence-corrected chi connectivity index (χ4v) is 0.277. The molecular formula is C5H4NRh-. The van der Waals surface area contributed by atoms with Gasteiger partial charge in [-0.15, -0.1) is 0 Å². The van der Waals surface area contributed by atoms with Gasteiger partial charge in [0.1, 0.15) is 0 Å². The van der Waals surface area contributed by atoms with E-state index < -0.39 is 0 Å². The summed E-state index contributed by atoms with van der Waals surface area (Å²) < 4.78 is 0. The third-order valence-electron chi connectivity index (χ3n) is 0.517. The van der Waals surface area contributed by atoms with E-state index in [2.05, 4.69) is 11.2 Å². The molecule has 0 bridgehead atoms. The van der Waals surface area contributed by atoms with Crippen LogP contribution in [0.1, 0.15) is 0 Å². The summed E-state index contributed by atoms with van der Waals surface area (Å²) >= 11 is 0. The average Bonchev–Trinajstić information content (AvgIpc) is 1.72. The van der Waals surface area contributed by atoms with Crippen LogP contribution >= 0.6 is 0 Å². The van der Waals surface area contributed by atoms with E-state index in [0.717, 1.165) is 0 Å². The van der Waals surface area contributed by atoms with Crippen molar-refractivity contribution in [2.24, 2.45) is 0 Å². The maximum absolute atomic E-state index is 3.66. The van der Waals surface area contributed by atoms with Crippen molar-refractivity contribution in [3.8, 4) is 0 Å². The van der Waals surface area contributed by atoms with Gasteiger partial charge in [0.2, 0.25) is 0 Å². The Bertz CT molecular complexity index is 80.0. The minimum Gasteiger partial charge on any atom is -0.394 e. The SMILES string of the molecule is [Rh].[c-]1ccccn1. The Hall–Kier alpha value is -0.227. The summed E-state index contributed by atoms with van der Waals surface area (Å²) in [6.45, 7) is 0. The molecule has 0 atom stereocenters. The van der Waals surface area contributed by atoms with Crippen molar-refractivity contribution >= 4 is 0 Å². The van der Waals surface area contributed by atoms with Crippen molar-refractivity contribution in [1.82, 2.24) is 4.98 Å². The first-order valence-electron chi connectivity index (χ1n) is 1.77. The first-order valence-corrected chi connectivity index (χ1v) is 1.77. The number of hydrogen-bond donors (Lipinski definition) is 0.